The van der Waals surface area contributed by atoms with Crippen LogP contribution in [0, 0.1) is 0 Å². The number of benzene rings is 2. The van der Waals surface area contributed by atoms with Crippen LogP contribution in [-0.2, 0) is 9.53 Å². The Morgan fingerprint density at radius 3 is 2.44 bits per heavy atom. The van der Waals surface area contributed by atoms with E-state index in [1.165, 1.54) is 0 Å². The lowest BCUT2D eigenvalue weighted by Crippen LogP contribution is -2.21. The van der Waals surface area contributed by atoms with Crippen LogP contribution in [0.25, 0.3) is 0 Å². The van der Waals surface area contributed by atoms with Crippen molar-refractivity contribution in [2.24, 2.45) is 5.10 Å². The minimum atomic E-state index is -0.896. The minimum Gasteiger partial charge on any atom is -0.497 e. The Kier molecular flexibility index (Phi) is 7.58. The molecule has 1 unspecified atom stereocenters. The van der Waals surface area contributed by atoms with Gasteiger partial charge in [-0.2, -0.15) is 5.10 Å². The van der Waals surface area contributed by atoms with Gasteiger partial charge in [0.05, 0.1) is 19.4 Å². The van der Waals surface area contributed by atoms with Crippen LogP contribution in [0.2, 0.25) is 0 Å². The van der Waals surface area contributed by atoms with Crippen LogP contribution in [0.15, 0.2) is 71.9 Å². The summed E-state index contributed by atoms with van der Waals surface area (Å²) in [5.41, 5.74) is 4.80. The molecule has 0 aromatic heterocycles. The molecule has 0 radical (unpaired) electrons. The first-order chi connectivity index (χ1) is 13.0. The average Bonchev–Trinajstić information content (AvgIpc) is 2.71. The summed E-state index contributed by atoms with van der Waals surface area (Å²) in [6.07, 6.45) is -0.815. The molecule has 0 bridgehead atoms. The molecule has 0 saturated heterocycles. The number of anilines is 1. The number of aliphatic hydroxyl groups excluding tert-OH is 1. The van der Waals surface area contributed by atoms with Crippen molar-refractivity contribution >= 4 is 17.4 Å². The van der Waals surface area contributed by atoms with Crippen molar-refractivity contribution in [1.82, 2.24) is 0 Å². The quantitative estimate of drug-likeness (QED) is 0.305. The van der Waals surface area contributed by atoms with E-state index in [4.69, 9.17) is 9.47 Å². The maximum absolute atomic E-state index is 12.2. The van der Waals surface area contributed by atoms with Crippen molar-refractivity contribution in [1.29, 1.82) is 0 Å². The Labute approximate surface area is 159 Å². The molecule has 2 aromatic rings. The molecule has 142 valence electrons. The van der Waals surface area contributed by atoms with Gasteiger partial charge in [0.2, 0.25) is 0 Å². The summed E-state index contributed by atoms with van der Waals surface area (Å²) >= 11 is 0. The van der Waals surface area contributed by atoms with E-state index >= 15 is 0 Å². The third-order valence-corrected chi connectivity index (χ3v) is 3.82. The fourth-order valence-corrected chi connectivity index (χ4v) is 2.35. The van der Waals surface area contributed by atoms with Gasteiger partial charge in [-0.15, -0.1) is 0 Å². The fraction of sp³-hybridized carbons (Fsp3) is 0.238. The lowest BCUT2D eigenvalue weighted by atomic mass is 9.98. The predicted octanol–water partition coefficient (Wildman–Crippen LogP) is 3.71. The molecule has 0 fully saturated rings. The van der Waals surface area contributed by atoms with E-state index in [9.17, 15) is 9.90 Å². The van der Waals surface area contributed by atoms with Gasteiger partial charge in [0.1, 0.15) is 17.6 Å². The number of carbonyl (C=O) groups is 1. The summed E-state index contributed by atoms with van der Waals surface area (Å²) in [5.74, 6) is 0.162. The average molecular weight is 368 g/mol. The first-order valence-corrected chi connectivity index (χ1v) is 8.59. The standard InChI is InChI=1S/C21H24N2O4/c1-4-27-21(25)19(23-22-17-10-12-18(26-3)13-11-17)14-15(2)20(24)16-8-6-5-7-9-16/h5-13,20,22,24H,2,4,14H2,1,3H3/b23-19+. The molecule has 27 heavy (non-hydrogen) atoms. The number of carbonyl (C=O) groups excluding carboxylic acids is 1. The summed E-state index contributed by atoms with van der Waals surface area (Å²) in [7, 11) is 1.59. The number of ether oxygens (including phenoxy) is 2. The zero-order valence-corrected chi connectivity index (χ0v) is 15.5. The number of aliphatic hydroxyl groups is 1. The van der Waals surface area contributed by atoms with Gasteiger partial charge in [0, 0.05) is 6.42 Å². The van der Waals surface area contributed by atoms with Gasteiger partial charge in [-0.1, -0.05) is 36.9 Å². The van der Waals surface area contributed by atoms with Gasteiger partial charge in [-0.05, 0) is 42.3 Å². The van der Waals surface area contributed by atoms with Crippen molar-refractivity contribution in [3.8, 4) is 5.75 Å². The van der Waals surface area contributed by atoms with Crippen LogP contribution in [0.4, 0.5) is 5.69 Å². The van der Waals surface area contributed by atoms with Crippen LogP contribution in [0.5, 0.6) is 5.75 Å². The summed E-state index contributed by atoms with van der Waals surface area (Å²) in [6.45, 7) is 5.86. The number of hydrogen-bond donors (Lipinski definition) is 2. The second-order valence-corrected chi connectivity index (χ2v) is 5.77. The van der Waals surface area contributed by atoms with Gasteiger partial charge in [0.15, 0.2) is 0 Å². The highest BCUT2D eigenvalue weighted by Gasteiger charge is 2.19. The highest BCUT2D eigenvalue weighted by Crippen LogP contribution is 2.23. The summed E-state index contributed by atoms with van der Waals surface area (Å²) in [4.78, 5) is 12.2. The Bertz CT molecular complexity index is 786. The van der Waals surface area contributed by atoms with Gasteiger partial charge in [-0.3, -0.25) is 5.43 Å². The van der Waals surface area contributed by atoms with Crippen molar-refractivity contribution in [2.45, 2.75) is 19.4 Å². The van der Waals surface area contributed by atoms with E-state index in [1.54, 1.807) is 50.4 Å². The summed E-state index contributed by atoms with van der Waals surface area (Å²) < 4.78 is 10.2. The topological polar surface area (TPSA) is 80.2 Å². The SMILES string of the molecule is C=C(C/C(=N\Nc1ccc(OC)cc1)C(=O)OCC)C(O)c1ccccc1. The van der Waals surface area contributed by atoms with Gasteiger partial charge < -0.3 is 14.6 Å². The smallest absolute Gasteiger partial charge is 0.354 e. The molecule has 0 aliphatic rings. The van der Waals surface area contributed by atoms with Gasteiger partial charge in [-0.25, -0.2) is 4.79 Å². The third kappa shape index (κ3) is 5.97. The molecule has 0 aliphatic carbocycles. The van der Waals surface area contributed by atoms with Crippen molar-refractivity contribution in [2.75, 3.05) is 19.1 Å². The number of esters is 1. The number of hydrogen-bond acceptors (Lipinski definition) is 6. The van der Waals surface area contributed by atoms with Crippen molar-refractivity contribution < 1.29 is 19.4 Å². The molecule has 1 atom stereocenters. The maximum Gasteiger partial charge on any atom is 0.354 e. The minimum absolute atomic E-state index is 0.0814. The molecule has 2 rings (SSSR count). The second kappa shape index (κ2) is 10.1. The third-order valence-electron chi connectivity index (χ3n) is 3.82. The van der Waals surface area contributed by atoms with Crippen LogP contribution in [0.1, 0.15) is 25.0 Å². The molecule has 0 saturated carbocycles. The Hall–Kier alpha value is -3.12. The second-order valence-electron chi connectivity index (χ2n) is 5.77. The predicted molar refractivity (Wildman–Crippen MR) is 106 cm³/mol. The van der Waals surface area contributed by atoms with Crippen molar-refractivity contribution in [3.63, 3.8) is 0 Å². The molecule has 0 spiro atoms. The highest BCUT2D eigenvalue weighted by molar-refractivity contribution is 6.37. The molecule has 2 aromatic carbocycles. The zero-order valence-electron chi connectivity index (χ0n) is 15.5. The lowest BCUT2D eigenvalue weighted by Gasteiger charge is -2.15. The van der Waals surface area contributed by atoms with E-state index in [0.717, 1.165) is 5.75 Å². The molecule has 0 aliphatic heterocycles. The molecule has 0 heterocycles. The molecule has 6 nitrogen and oxygen atoms in total. The van der Waals surface area contributed by atoms with Crippen LogP contribution in [0.3, 0.4) is 0 Å². The Morgan fingerprint density at radius 1 is 1.19 bits per heavy atom. The van der Waals surface area contributed by atoms with E-state index in [-0.39, 0.29) is 18.7 Å². The number of hydrazone groups is 1. The monoisotopic (exact) mass is 368 g/mol. The fourth-order valence-electron chi connectivity index (χ4n) is 2.35. The van der Waals surface area contributed by atoms with E-state index in [1.807, 2.05) is 18.2 Å². The number of rotatable bonds is 9. The van der Waals surface area contributed by atoms with Gasteiger partial charge in [0.25, 0.3) is 0 Å². The Balaban J connectivity index is 2.12. The molecule has 0 amide bonds. The molecule has 2 N–H and O–H groups in total. The Morgan fingerprint density at radius 2 is 1.85 bits per heavy atom. The van der Waals surface area contributed by atoms with E-state index < -0.39 is 12.1 Å². The van der Waals surface area contributed by atoms with E-state index in [0.29, 0.717) is 16.8 Å². The normalized spacial score (nSPS) is 12.2. The zero-order chi connectivity index (χ0) is 19.6. The van der Waals surface area contributed by atoms with Crippen LogP contribution in [-0.4, -0.2) is 30.5 Å². The van der Waals surface area contributed by atoms with E-state index in [2.05, 4.69) is 17.1 Å². The summed E-state index contributed by atoms with van der Waals surface area (Å²) in [5, 5.41) is 14.6. The number of nitrogens with zero attached hydrogens (tertiary/aromatic N) is 1. The van der Waals surface area contributed by atoms with Crippen LogP contribution < -0.4 is 10.2 Å². The molecule has 6 heteroatoms. The largest absolute Gasteiger partial charge is 0.497 e. The first-order valence-electron chi connectivity index (χ1n) is 8.59. The highest BCUT2D eigenvalue weighted by atomic mass is 16.5. The lowest BCUT2D eigenvalue weighted by molar-refractivity contribution is -0.135. The molecular formula is C21H24N2O4. The first kappa shape index (κ1) is 20.2. The maximum atomic E-state index is 12.2. The van der Waals surface area contributed by atoms with Gasteiger partial charge >= 0.3 is 5.97 Å². The van der Waals surface area contributed by atoms with Crippen LogP contribution >= 0.6 is 0 Å². The number of nitrogens with one attached hydrogen (secondary N) is 1. The molecular weight excluding hydrogens is 344 g/mol. The van der Waals surface area contributed by atoms with Crippen molar-refractivity contribution in [3.05, 3.63) is 72.3 Å². The summed E-state index contributed by atoms with van der Waals surface area (Å²) in [6, 6.07) is 16.2. The number of methoxy groups -OCH3 is 1.